The zero-order chi connectivity index (χ0) is 15.5. The fourth-order valence-corrected chi connectivity index (χ4v) is 3.32. The highest BCUT2D eigenvalue weighted by molar-refractivity contribution is 5.80. The van der Waals surface area contributed by atoms with Crippen molar-refractivity contribution < 1.29 is 9.18 Å². The fourth-order valence-electron chi connectivity index (χ4n) is 3.32. The van der Waals surface area contributed by atoms with Crippen LogP contribution < -0.4 is 0 Å². The van der Waals surface area contributed by atoms with Gasteiger partial charge in [-0.2, -0.15) is 0 Å². The van der Waals surface area contributed by atoms with Crippen LogP contribution in [0.15, 0.2) is 54.6 Å². The van der Waals surface area contributed by atoms with E-state index in [1.807, 2.05) is 30.3 Å². The van der Waals surface area contributed by atoms with Crippen molar-refractivity contribution in [3.63, 3.8) is 0 Å². The van der Waals surface area contributed by atoms with Gasteiger partial charge < -0.3 is 0 Å². The second-order valence-corrected chi connectivity index (χ2v) is 6.05. The van der Waals surface area contributed by atoms with E-state index in [2.05, 4.69) is 17.0 Å². The summed E-state index contributed by atoms with van der Waals surface area (Å²) in [5, 5.41) is 0. The van der Waals surface area contributed by atoms with Gasteiger partial charge in [0.25, 0.3) is 0 Å². The largest absolute Gasteiger partial charge is 0.300 e. The molecule has 0 spiro atoms. The quantitative estimate of drug-likeness (QED) is 0.859. The lowest BCUT2D eigenvalue weighted by atomic mass is 9.87. The maximum atomic E-state index is 13.1. The number of Topliss-reactive ketones (excluding diaryl/α,β-unsaturated/α-hetero) is 1. The molecule has 0 bridgehead atoms. The third-order valence-electron chi connectivity index (χ3n) is 4.46. The van der Waals surface area contributed by atoms with E-state index in [1.165, 1.54) is 17.7 Å². The van der Waals surface area contributed by atoms with Gasteiger partial charge in [-0.05, 0) is 30.2 Å². The third-order valence-corrected chi connectivity index (χ3v) is 4.46. The molecule has 1 saturated heterocycles. The van der Waals surface area contributed by atoms with E-state index in [0.717, 1.165) is 25.2 Å². The summed E-state index contributed by atoms with van der Waals surface area (Å²) < 4.78 is 13.1. The third kappa shape index (κ3) is 3.25. The van der Waals surface area contributed by atoms with E-state index in [4.69, 9.17) is 0 Å². The van der Waals surface area contributed by atoms with Crippen molar-refractivity contribution in [1.82, 2.24) is 4.90 Å². The molecule has 114 valence electrons. The van der Waals surface area contributed by atoms with Gasteiger partial charge >= 0.3 is 0 Å². The number of ketones is 1. The summed E-state index contributed by atoms with van der Waals surface area (Å²) >= 11 is 0. The van der Waals surface area contributed by atoms with E-state index in [-0.39, 0.29) is 23.4 Å². The van der Waals surface area contributed by atoms with Gasteiger partial charge in [0.05, 0.1) is 0 Å². The number of carbonyl (C=O) groups excluding carboxylic acids is 1. The number of carbonyl (C=O) groups is 1. The Hall–Kier alpha value is -2.00. The van der Waals surface area contributed by atoms with Gasteiger partial charge in [-0.15, -0.1) is 0 Å². The van der Waals surface area contributed by atoms with E-state index in [1.54, 1.807) is 6.92 Å². The van der Waals surface area contributed by atoms with Gasteiger partial charge in [0, 0.05) is 31.5 Å². The molecule has 0 N–H and O–H groups in total. The SMILES string of the molecule is CC(=O)[C@@H]1CN(Cc2ccccc2)C[C@H]1c1ccc(F)cc1. The first-order valence-electron chi connectivity index (χ1n) is 7.65. The second-order valence-electron chi connectivity index (χ2n) is 6.05. The minimum Gasteiger partial charge on any atom is -0.300 e. The first-order chi connectivity index (χ1) is 10.6. The van der Waals surface area contributed by atoms with E-state index < -0.39 is 0 Å². The highest BCUT2D eigenvalue weighted by Crippen LogP contribution is 2.34. The topological polar surface area (TPSA) is 20.3 Å². The predicted molar refractivity (Wildman–Crippen MR) is 85.0 cm³/mol. The number of hydrogen-bond acceptors (Lipinski definition) is 2. The summed E-state index contributed by atoms with van der Waals surface area (Å²) in [4.78, 5) is 14.3. The standard InChI is InChI=1S/C19H20FNO/c1-14(22)18-12-21(11-15-5-3-2-4-6-15)13-19(18)16-7-9-17(20)10-8-16/h2-10,18-19H,11-13H2,1H3/t18-,19-/m0/s1. The molecule has 0 radical (unpaired) electrons. The molecule has 2 aromatic rings. The van der Waals surface area contributed by atoms with Crippen LogP contribution in [-0.4, -0.2) is 23.8 Å². The van der Waals surface area contributed by atoms with Crippen LogP contribution in [0.4, 0.5) is 4.39 Å². The number of halogens is 1. The lowest BCUT2D eigenvalue weighted by Gasteiger charge is -2.16. The molecule has 0 aromatic heterocycles. The molecule has 0 unspecified atom stereocenters. The van der Waals surface area contributed by atoms with Crippen LogP contribution in [0.1, 0.15) is 24.0 Å². The number of hydrogen-bond donors (Lipinski definition) is 0. The van der Waals surface area contributed by atoms with Crippen LogP contribution in [0.25, 0.3) is 0 Å². The Kier molecular flexibility index (Phi) is 4.34. The molecule has 2 nitrogen and oxygen atoms in total. The average molecular weight is 297 g/mol. The molecule has 2 aromatic carbocycles. The van der Waals surface area contributed by atoms with E-state index >= 15 is 0 Å². The maximum absolute atomic E-state index is 13.1. The molecule has 0 aliphatic carbocycles. The second kappa shape index (κ2) is 6.41. The van der Waals surface area contributed by atoms with Crippen molar-refractivity contribution in [2.45, 2.75) is 19.4 Å². The highest BCUT2D eigenvalue weighted by Gasteiger charge is 2.36. The maximum Gasteiger partial charge on any atom is 0.134 e. The number of benzene rings is 2. The normalized spacial score (nSPS) is 21.9. The Morgan fingerprint density at radius 3 is 2.41 bits per heavy atom. The lowest BCUT2D eigenvalue weighted by Crippen LogP contribution is -2.22. The first-order valence-corrected chi connectivity index (χ1v) is 7.65. The minimum atomic E-state index is -0.234. The van der Waals surface area contributed by atoms with Crippen molar-refractivity contribution >= 4 is 5.78 Å². The van der Waals surface area contributed by atoms with Gasteiger partial charge in [0.1, 0.15) is 11.6 Å². The molecule has 3 heteroatoms. The first kappa shape index (κ1) is 14.9. The average Bonchev–Trinajstić information content (AvgIpc) is 2.93. The van der Waals surface area contributed by atoms with Crippen molar-refractivity contribution in [1.29, 1.82) is 0 Å². The number of rotatable bonds is 4. The molecule has 0 saturated carbocycles. The van der Waals surface area contributed by atoms with Crippen molar-refractivity contribution in [2.24, 2.45) is 5.92 Å². The number of nitrogens with zero attached hydrogens (tertiary/aromatic N) is 1. The predicted octanol–water partition coefficient (Wildman–Crippen LogP) is 3.63. The van der Waals surface area contributed by atoms with E-state index in [9.17, 15) is 9.18 Å². The van der Waals surface area contributed by atoms with Crippen LogP contribution in [0.2, 0.25) is 0 Å². The van der Waals surface area contributed by atoms with Gasteiger partial charge in [0.15, 0.2) is 0 Å². The minimum absolute atomic E-state index is 0.00539. The Labute approximate surface area is 130 Å². The lowest BCUT2D eigenvalue weighted by molar-refractivity contribution is -0.120. The monoisotopic (exact) mass is 297 g/mol. The Bertz CT molecular complexity index is 638. The molecule has 1 aliphatic heterocycles. The smallest absolute Gasteiger partial charge is 0.134 e. The van der Waals surface area contributed by atoms with Gasteiger partial charge in [0.2, 0.25) is 0 Å². The zero-order valence-electron chi connectivity index (χ0n) is 12.7. The van der Waals surface area contributed by atoms with Crippen LogP contribution in [0.5, 0.6) is 0 Å². The van der Waals surface area contributed by atoms with Crippen LogP contribution >= 0.6 is 0 Å². The molecular formula is C19H20FNO. The Morgan fingerprint density at radius 1 is 1.09 bits per heavy atom. The zero-order valence-corrected chi connectivity index (χ0v) is 12.7. The van der Waals surface area contributed by atoms with Gasteiger partial charge in [-0.25, -0.2) is 4.39 Å². The Morgan fingerprint density at radius 2 is 1.77 bits per heavy atom. The van der Waals surface area contributed by atoms with Gasteiger partial charge in [-0.1, -0.05) is 42.5 Å². The van der Waals surface area contributed by atoms with Crippen LogP contribution in [0.3, 0.4) is 0 Å². The summed E-state index contributed by atoms with van der Waals surface area (Å²) in [6.45, 7) is 4.12. The molecule has 3 rings (SSSR count). The molecule has 2 atom stereocenters. The summed E-state index contributed by atoms with van der Waals surface area (Å²) in [5.74, 6) is 0.128. The molecule has 1 aliphatic rings. The van der Waals surface area contributed by atoms with Crippen LogP contribution in [0, 0.1) is 11.7 Å². The van der Waals surface area contributed by atoms with Crippen LogP contribution in [-0.2, 0) is 11.3 Å². The molecule has 1 heterocycles. The van der Waals surface area contributed by atoms with E-state index in [0.29, 0.717) is 0 Å². The van der Waals surface area contributed by atoms with Crippen molar-refractivity contribution in [3.8, 4) is 0 Å². The summed E-state index contributed by atoms with van der Waals surface area (Å²) in [5.41, 5.74) is 2.31. The highest BCUT2D eigenvalue weighted by atomic mass is 19.1. The summed E-state index contributed by atoms with van der Waals surface area (Å²) in [7, 11) is 0. The Balaban J connectivity index is 1.77. The fraction of sp³-hybridized carbons (Fsp3) is 0.316. The molecule has 0 amide bonds. The van der Waals surface area contributed by atoms with Gasteiger partial charge in [-0.3, -0.25) is 9.69 Å². The van der Waals surface area contributed by atoms with Crippen molar-refractivity contribution in [2.75, 3.05) is 13.1 Å². The molecule has 22 heavy (non-hydrogen) atoms. The summed E-state index contributed by atoms with van der Waals surface area (Å²) in [6, 6.07) is 16.9. The summed E-state index contributed by atoms with van der Waals surface area (Å²) in [6.07, 6.45) is 0. The van der Waals surface area contributed by atoms with Crippen molar-refractivity contribution in [3.05, 3.63) is 71.5 Å². The number of likely N-dealkylation sites (tertiary alicyclic amines) is 1. The molecule has 1 fully saturated rings. The molecular weight excluding hydrogens is 277 g/mol.